The van der Waals surface area contributed by atoms with Gasteiger partial charge in [0, 0.05) is 5.69 Å². The van der Waals surface area contributed by atoms with Gasteiger partial charge in [-0.15, -0.1) is 0 Å². The Hall–Kier alpha value is -2.12. The Bertz CT molecular complexity index is 762. The van der Waals surface area contributed by atoms with Crippen molar-refractivity contribution in [2.24, 2.45) is 0 Å². The Morgan fingerprint density at radius 1 is 0.793 bits per heavy atom. The molecule has 1 atom stereocenters. The fourth-order valence-electron chi connectivity index (χ4n) is 1.96. The number of anilines is 1. The number of carbonyl (C=O) groups excluding carboxylic acids is 1. The van der Waals surface area contributed by atoms with Crippen LogP contribution in [0.25, 0.3) is 0 Å². The summed E-state index contributed by atoms with van der Waals surface area (Å²) in [4.78, 5) is 11.7. The summed E-state index contributed by atoms with van der Waals surface area (Å²) in [7, 11) is 0. The number of halogens is 11. The maximum atomic E-state index is 14.1. The molecule has 0 bridgehead atoms. The third-order valence-corrected chi connectivity index (χ3v) is 3.83. The van der Waals surface area contributed by atoms with Crippen LogP contribution in [0.3, 0.4) is 0 Å². The van der Waals surface area contributed by atoms with Gasteiger partial charge in [-0.3, -0.25) is 9.53 Å². The SMILES string of the molecule is Cc1cc(NC(=O)C(F)(OC(F)(F)C(F)(F)C(F)(F)F)C(F)(F)F)cc(C)c1C. The normalized spacial score (nSPS) is 15.8. The van der Waals surface area contributed by atoms with Crippen molar-refractivity contribution in [1.29, 1.82) is 0 Å². The summed E-state index contributed by atoms with van der Waals surface area (Å²) >= 11 is 0. The van der Waals surface area contributed by atoms with Crippen molar-refractivity contribution < 1.29 is 57.8 Å². The van der Waals surface area contributed by atoms with E-state index in [9.17, 15) is 53.1 Å². The average Bonchev–Trinajstić information content (AvgIpc) is 2.49. The Morgan fingerprint density at radius 2 is 1.21 bits per heavy atom. The second-order valence-corrected chi connectivity index (χ2v) is 5.97. The number of hydrogen-bond acceptors (Lipinski definition) is 2. The highest BCUT2D eigenvalue weighted by atomic mass is 19.4. The summed E-state index contributed by atoms with van der Waals surface area (Å²) in [6.07, 6.45) is -20.9. The van der Waals surface area contributed by atoms with Crippen LogP contribution in [0.2, 0.25) is 0 Å². The predicted octanol–water partition coefficient (Wildman–Crippen LogP) is 5.59. The van der Waals surface area contributed by atoms with Crippen LogP contribution in [0.15, 0.2) is 12.1 Å². The molecule has 14 heteroatoms. The second kappa shape index (κ2) is 7.29. The largest absolute Gasteiger partial charge is 0.462 e. The van der Waals surface area contributed by atoms with Gasteiger partial charge in [0.15, 0.2) is 0 Å². The summed E-state index contributed by atoms with van der Waals surface area (Å²) < 4.78 is 143. The number of benzene rings is 1. The summed E-state index contributed by atoms with van der Waals surface area (Å²) in [6.45, 7) is 4.40. The molecule has 3 nitrogen and oxygen atoms in total. The Morgan fingerprint density at radius 3 is 1.55 bits per heavy atom. The van der Waals surface area contributed by atoms with Gasteiger partial charge in [0.05, 0.1) is 0 Å². The smallest absolute Gasteiger partial charge is 0.321 e. The number of ether oxygens (including phenoxy) is 1. The molecule has 0 saturated carbocycles. The van der Waals surface area contributed by atoms with Crippen LogP contribution in [-0.2, 0) is 9.53 Å². The van der Waals surface area contributed by atoms with Crippen LogP contribution < -0.4 is 5.32 Å². The van der Waals surface area contributed by atoms with E-state index in [4.69, 9.17) is 0 Å². The molecule has 1 aromatic carbocycles. The van der Waals surface area contributed by atoms with Crippen LogP contribution in [0.5, 0.6) is 0 Å². The zero-order valence-corrected chi connectivity index (χ0v) is 14.6. The van der Waals surface area contributed by atoms with Gasteiger partial charge in [0.2, 0.25) is 0 Å². The highest BCUT2D eigenvalue weighted by molar-refractivity contribution is 5.97. The molecule has 166 valence electrons. The molecule has 0 heterocycles. The van der Waals surface area contributed by atoms with E-state index >= 15 is 0 Å². The minimum atomic E-state index is -7.24. The topological polar surface area (TPSA) is 38.3 Å². The molecular formula is C15H12F11NO2. The van der Waals surface area contributed by atoms with Crippen molar-refractivity contribution in [3.63, 3.8) is 0 Å². The number of aryl methyl sites for hydroxylation is 2. The van der Waals surface area contributed by atoms with Gasteiger partial charge < -0.3 is 5.32 Å². The van der Waals surface area contributed by atoms with Crippen molar-refractivity contribution >= 4 is 11.6 Å². The van der Waals surface area contributed by atoms with E-state index < -0.39 is 41.8 Å². The molecule has 29 heavy (non-hydrogen) atoms. The lowest BCUT2D eigenvalue weighted by atomic mass is 10.0. The van der Waals surface area contributed by atoms with Crippen LogP contribution in [-0.4, -0.2) is 36.1 Å². The van der Waals surface area contributed by atoms with Crippen molar-refractivity contribution in [2.45, 2.75) is 51.0 Å². The molecule has 0 fully saturated rings. The number of rotatable bonds is 5. The maximum Gasteiger partial charge on any atom is 0.462 e. The van der Waals surface area contributed by atoms with Crippen molar-refractivity contribution in [3.05, 3.63) is 28.8 Å². The van der Waals surface area contributed by atoms with Crippen LogP contribution in [0.4, 0.5) is 54.0 Å². The first kappa shape index (κ1) is 24.9. The molecule has 1 amide bonds. The molecule has 0 aliphatic rings. The van der Waals surface area contributed by atoms with Crippen LogP contribution in [0.1, 0.15) is 16.7 Å². The van der Waals surface area contributed by atoms with Gasteiger partial charge in [0.25, 0.3) is 5.91 Å². The average molecular weight is 447 g/mol. The van der Waals surface area contributed by atoms with E-state index in [1.54, 1.807) is 6.92 Å². The molecule has 1 N–H and O–H groups in total. The summed E-state index contributed by atoms with van der Waals surface area (Å²) in [5, 5.41) is 1.19. The summed E-state index contributed by atoms with van der Waals surface area (Å²) in [5.41, 5.74) is 0.729. The second-order valence-electron chi connectivity index (χ2n) is 5.97. The Balaban J connectivity index is 3.37. The minimum absolute atomic E-state index is 0.353. The van der Waals surface area contributed by atoms with Gasteiger partial charge in [-0.25, -0.2) is 0 Å². The minimum Gasteiger partial charge on any atom is -0.321 e. The summed E-state index contributed by atoms with van der Waals surface area (Å²) in [5.74, 6) is -16.6. The zero-order valence-electron chi connectivity index (χ0n) is 14.6. The highest BCUT2D eigenvalue weighted by Gasteiger charge is 2.79. The lowest BCUT2D eigenvalue weighted by Crippen LogP contribution is -2.62. The quantitative estimate of drug-likeness (QED) is 0.599. The van der Waals surface area contributed by atoms with Gasteiger partial charge >= 0.3 is 30.2 Å². The third-order valence-electron chi connectivity index (χ3n) is 3.83. The fourth-order valence-corrected chi connectivity index (χ4v) is 1.96. The van der Waals surface area contributed by atoms with E-state index in [1.165, 1.54) is 19.2 Å². The lowest BCUT2D eigenvalue weighted by molar-refractivity contribution is -0.472. The number of nitrogens with one attached hydrogen (secondary N) is 1. The van der Waals surface area contributed by atoms with Gasteiger partial charge in [-0.2, -0.15) is 48.3 Å². The first-order chi connectivity index (χ1) is 12.7. The zero-order chi connectivity index (χ0) is 23.2. The number of carbonyl (C=O) groups is 1. The van der Waals surface area contributed by atoms with Gasteiger partial charge in [-0.1, -0.05) is 0 Å². The molecule has 0 aromatic heterocycles. The monoisotopic (exact) mass is 447 g/mol. The van der Waals surface area contributed by atoms with Crippen molar-refractivity contribution in [3.8, 4) is 0 Å². The number of hydrogen-bond donors (Lipinski definition) is 1. The molecule has 1 unspecified atom stereocenters. The Kier molecular flexibility index (Phi) is 6.26. The first-order valence-electron chi connectivity index (χ1n) is 7.35. The van der Waals surface area contributed by atoms with E-state index in [0.717, 1.165) is 12.1 Å². The van der Waals surface area contributed by atoms with E-state index in [1.807, 2.05) is 0 Å². The third kappa shape index (κ3) is 4.56. The molecule has 1 rings (SSSR count). The van der Waals surface area contributed by atoms with Crippen molar-refractivity contribution in [2.75, 3.05) is 5.32 Å². The molecule has 0 aliphatic carbocycles. The fraction of sp³-hybridized carbons (Fsp3) is 0.533. The van der Waals surface area contributed by atoms with E-state index in [-0.39, 0.29) is 0 Å². The molecule has 0 saturated heterocycles. The Labute approximate surface area is 155 Å². The van der Waals surface area contributed by atoms with Crippen molar-refractivity contribution in [1.82, 2.24) is 0 Å². The standard InChI is InChI=1S/C15H12F11NO2/c1-6-4-9(5-7(2)8(6)3)27-10(28)11(16,13(19,20)21)29-15(25,26)12(17,18)14(22,23)24/h4-5H,1-3H3,(H,27,28). The molecule has 0 radical (unpaired) electrons. The maximum absolute atomic E-state index is 14.1. The van der Waals surface area contributed by atoms with E-state index in [2.05, 4.69) is 4.74 Å². The first-order valence-corrected chi connectivity index (χ1v) is 7.35. The van der Waals surface area contributed by atoms with E-state index in [0.29, 0.717) is 16.7 Å². The number of alkyl halides is 11. The molecule has 0 aliphatic heterocycles. The summed E-state index contributed by atoms with van der Waals surface area (Å²) in [6, 6.07) is 1.97. The predicted molar refractivity (Wildman–Crippen MR) is 76.2 cm³/mol. The van der Waals surface area contributed by atoms with Gasteiger partial charge in [0.1, 0.15) is 0 Å². The van der Waals surface area contributed by atoms with Crippen LogP contribution in [0, 0.1) is 20.8 Å². The van der Waals surface area contributed by atoms with Crippen LogP contribution >= 0.6 is 0 Å². The molecule has 1 aromatic rings. The lowest BCUT2D eigenvalue weighted by Gasteiger charge is -2.34. The highest BCUT2D eigenvalue weighted by Crippen LogP contribution is 2.51. The number of amides is 1. The van der Waals surface area contributed by atoms with Gasteiger partial charge in [-0.05, 0) is 49.6 Å². The molecular weight excluding hydrogens is 435 g/mol. The molecule has 0 spiro atoms.